The van der Waals surface area contributed by atoms with E-state index < -0.39 is 36.6 Å². The molecule has 3 aliphatic carbocycles. The molecule has 2 aromatic carbocycles. The number of amides is 1. The van der Waals surface area contributed by atoms with Crippen molar-refractivity contribution in [3.05, 3.63) is 77.1 Å². The second-order valence-corrected chi connectivity index (χ2v) is 15.3. The zero-order valence-electron chi connectivity index (χ0n) is 27.6. The highest BCUT2D eigenvalue weighted by molar-refractivity contribution is 7.99. The van der Waals surface area contributed by atoms with Crippen molar-refractivity contribution in [1.82, 2.24) is 9.88 Å². The smallest absolute Gasteiger partial charge is 0.222 e. The minimum atomic E-state index is -1.74. The SMILES string of the molecule is CN(CC(O)C(O)C(O)C(O)CO)C(=O)CC1(CSc2ccc(Cl)c(COC3(c4cnccc4-c4ccccc4OC4CC4)CC3)c2)CC1. The second-order valence-electron chi connectivity index (χ2n) is 13.8. The van der Waals surface area contributed by atoms with Gasteiger partial charge >= 0.3 is 0 Å². The van der Waals surface area contributed by atoms with E-state index in [0.717, 1.165) is 77.2 Å². The molecule has 1 heterocycles. The van der Waals surface area contributed by atoms with E-state index in [4.69, 9.17) is 26.2 Å². The molecule has 0 radical (unpaired) electrons. The fraction of sp³-hybridized carbons (Fsp3) is 0.514. The summed E-state index contributed by atoms with van der Waals surface area (Å²) < 4.78 is 12.9. The minimum Gasteiger partial charge on any atom is -0.490 e. The topological polar surface area (TPSA) is 153 Å². The number of aliphatic hydroxyl groups excluding tert-OH is 5. The van der Waals surface area contributed by atoms with E-state index in [1.54, 1.807) is 11.8 Å². The molecule has 1 amide bonds. The van der Waals surface area contributed by atoms with Crippen LogP contribution in [0, 0.1) is 5.41 Å². The first-order chi connectivity index (χ1) is 23.5. The number of halogens is 1. The summed E-state index contributed by atoms with van der Waals surface area (Å²) in [5.41, 5.74) is 3.43. The highest BCUT2D eigenvalue weighted by atomic mass is 35.5. The number of likely N-dealkylation sites (N-methyl/N-ethyl adjacent to an activating group) is 1. The van der Waals surface area contributed by atoms with Crippen molar-refractivity contribution < 1.29 is 39.8 Å². The number of hydrogen-bond acceptors (Lipinski definition) is 10. The standard InChI is InChI=1S/C37H45ClN2O8S/c1-40(19-30(42)34(45)35(46)31(43)20-41)33(44)17-36(11-12-36)22-49-25-8-9-29(38)23(16-25)21-47-37(13-14-37)28-18-39-15-10-26(28)27-4-2-3-5-32(27)48-24-6-7-24/h2-5,8-10,15-16,18,24,30-31,34-35,41-43,45-46H,6-7,11-14,17,19-22H2,1H3. The van der Waals surface area contributed by atoms with Crippen LogP contribution in [-0.4, -0.2) is 97.8 Å². The van der Waals surface area contributed by atoms with Crippen LogP contribution in [0.3, 0.4) is 0 Å². The van der Waals surface area contributed by atoms with Crippen LogP contribution in [-0.2, 0) is 21.7 Å². The summed E-state index contributed by atoms with van der Waals surface area (Å²) in [6.07, 6.45) is 3.51. The molecule has 6 rings (SSSR count). The van der Waals surface area contributed by atoms with Gasteiger partial charge in [0.25, 0.3) is 0 Å². The number of rotatable bonds is 18. The highest BCUT2D eigenvalue weighted by Crippen LogP contribution is 2.54. The van der Waals surface area contributed by atoms with Gasteiger partial charge in [-0.25, -0.2) is 0 Å². The summed E-state index contributed by atoms with van der Waals surface area (Å²) in [4.78, 5) is 19.9. The third-order valence-electron chi connectivity index (χ3n) is 9.77. The molecular formula is C37H45ClN2O8S. The van der Waals surface area contributed by atoms with Gasteiger partial charge in [-0.15, -0.1) is 11.8 Å². The van der Waals surface area contributed by atoms with Gasteiger partial charge in [0.2, 0.25) is 5.91 Å². The Labute approximate surface area is 296 Å². The Bertz CT molecular complexity index is 1610. The largest absolute Gasteiger partial charge is 0.490 e. The van der Waals surface area contributed by atoms with E-state index in [-0.39, 0.29) is 30.4 Å². The van der Waals surface area contributed by atoms with Crippen LogP contribution in [0.2, 0.25) is 5.02 Å². The Kier molecular flexibility index (Phi) is 11.2. The lowest BCUT2D eigenvalue weighted by atomic mass is 9.96. The predicted molar refractivity (Wildman–Crippen MR) is 186 cm³/mol. The van der Waals surface area contributed by atoms with Gasteiger partial charge in [-0.3, -0.25) is 9.78 Å². The Morgan fingerprint density at radius 2 is 1.76 bits per heavy atom. The van der Waals surface area contributed by atoms with Crippen molar-refractivity contribution in [2.45, 2.75) is 92.6 Å². The predicted octanol–water partition coefficient (Wildman–Crippen LogP) is 4.31. The number of aromatic nitrogens is 1. The first-order valence-electron chi connectivity index (χ1n) is 16.9. The van der Waals surface area contributed by atoms with Crippen LogP contribution in [0.15, 0.2) is 65.8 Å². The van der Waals surface area contributed by atoms with Gasteiger partial charge in [-0.05, 0) is 85.4 Å². The molecule has 10 nitrogen and oxygen atoms in total. The summed E-state index contributed by atoms with van der Waals surface area (Å²) in [6.45, 7) is -0.642. The van der Waals surface area contributed by atoms with Gasteiger partial charge in [-0.1, -0.05) is 29.8 Å². The maximum atomic E-state index is 13.0. The number of para-hydroxylation sites is 1. The van der Waals surface area contributed by atoms with Crippen LogP contribution < -0.4 is 4.74 Å². The van der Waals surface area contributed by atoms with E-state index in [0.29, 0.717) is 11.6 Å². The Balaban J connectivity index is 1.05. The molecule has 49 heavy (non-hydrogen) atoms. The third-order valence-corrected chi connectivity index (χ3v) is 11.5. The van der Waals surface area contributed by atoms with E-state index >= 15 is 0 Å². The zero-order valence-corrected chi connectivity index (χ0v) is 29.2. The van der Waals surface area contributed by atoms with Crippen molar-refractivity contribution in [2.75, 3.05) is 26.0 Å². The van der Waals surface area contributed by atoms with E-state index in [2.05, 4.69) is 17.1 Å². The quantitative estimate of drug-likeness (QED) is 0.121. The molecule has 264 valence electrons. The minimum absolute atomic E-state index is 0.170. The van der Waals surface area contributed by atoms with Crippen LogP contribution in [0.4, 0.5) is 0 Å². The Morgan fingerprint density at radius 3 is 2.45 bits per heavy atom. The molecular weight excluding hydrogens is 668 g/mol. The van der Waals surface area contributed by atoms with E-state index in [9.17, 15) is 25.2 Å². The van der Waals surface area contributed by atoms with E-state index in [1.807, 2.05) is 48.8 Å². The van der Waals surface area contributed by atoms with Crippen molar-refractivity contribution >= 4 is 29.3 Å². The van der Waals surface area contributed by atoms with E-state index in [1.165, 1.54) is 11.9 Å². The lowest BCUT2D eigenvalue weighted by Gasteiger charge is -2.29. The molecule has 12 heteroatoms. The van der Waals surface area contributed by atoms with Gasteiger partial charge in [-0.2, -0.15) is 0 Å². The maximum Gasteiger partial charge on any atom is 0.222 e. The molecule has 1 aromatic heterocycles. The third kappa shape index (κ3) is 8.77. The van der Waals surface area contributed by atoms with Gasteiger partial charge in [0.05, 0.1) is 24.9 Å². The molecule has 3 saturated carbocycles. The molecule has 0 bridgehead atoms. The van der Waals surface area contributed by atoms with Gasteiger partial charge < -0.3 is 39.9 Å². The number of pyridine rings is 1. The van der Waals surface area contributed by atoms with Gasteiger partial charge in [0.15, 0.2) is 0 Å². The van der Waals surface area contributed by atoms with Crippen molar-refractivity contribution in [1.29, 1.82) is 0 Å². The average Bonchev–Trinajstić information content (AvgIpc) is 3.99. The highest BCUT2D eigenvalue weighted by Gasteiger charge is 2.48. The molecule has 3 fully saturated rings. The number of hydrogen-bond donors (Lipinski definition) is 5. The monoisotopic (exact) mass is 712 g/mol. The molecule has 0 saturated heterocycles. The number of thioether (sulfide) groups is 1. The Hall–Kier alpha value is -2.74. The van der Waals surface area contributed by atoms with Crippen LogP contribution in [0.25, 0.3) is 11.1 Å². The van der Waals surface area contributed by atoms with Crippen molar-refractivity contribution in [2.24, 2.45) is 5.41 Å². The van der Waals surface area contributed by atoms with Gasteiger partial charge in [0, 0.05) is 59.2 Å². The molecule has 3 aromatic rings. The fourth-order valence-electron chi connectivity index (χ4n) is 6.02. The molecule has 0 spiro atoms. The first kappa shape index (κ1) is 36.1. The number of ether oxygens (including phenoxy) is 2. The van der Waals surface area contributed by atoms with Crippen LogP contribution in [0.1, 0.15) is 56.1 Å². The normalized spacial score (nSPS) is 19.8. The van der Waals surface area contributed by atoms with Crippen LogP contribution in [0.5, 0.6) is 5.75 Å². The molecule has 3 aliphatic rings. The van der Waals surface area contributed by atoms with Crippen LogP contribution >= 0.6 is 23.4 Å². The van der Waals surface area contributed by atoms with Crippen molar-refractivity contribution in [3.8, 4) is 16.9 Å². The van der Waals surface area contributed by atoms with Gasteiger partial charge in [0.1, 0.15) is 30.2 Å². The number of carbonyl (C=O) groups is 1. The fourth-order valence-corrected chi connectivity index (χ4v) is 7.44. The molecule has 5 N–H and O–H groups in total. The lowest BCUT2D eigenvalue weighted by Crippen LogP contribution is -2.50. The Morgan fingerprint density at radius 1 is 1.02 bits per heavy atom. The number of nitrogens with zero attached hydrogens (tertiary/aromatic N) is 2. The summed E-state index contributed by atoms with van der Waals surface area (Å²) >= 11 is 8.33. The summed E-state index contributed by atoms with van der Waals surface area (Å²) in [5.74, 6) is 1.43. The number of carbonyl (C=O) groups excluding carboxylic acids is 1. The number of aliphatic hydroxyl groups is 5. The molecule has 4 unspecified atom stereocenters. The summed E-state index contributed by atoms with van der Waals surface area (Å²) in [7, 11) is 1.53. The summed E-state index contributed by atoms with van der Waals surface area (Å²) in [6, 6.07) is 16.1. The summed E-state index contributed by atoms with van der Waals surface area (Å²) in [5, 5.41) is 49.5. The van der Waals surface area contributed by atoms with Crippen molar-refractivity contribution in [3.63, 3.8) is 0 Å². The molecule has 0 aliphatic heterocycles. The average molecular weight is 713 g/mol. The second kappa shape index (κ2) is 15.2. The maximum absolute atomic E-state index is 13.0. The number of benzene rings is 2. The lowest BCUT2D eigenvalue weighted by molar-refractivity contribution is -0.138. The first-order valence-corrected chi connectivity index (χ1v) is 18.2. The molecule has 4 atom stereocenters. The zero-order chi connectivity index (χ0) is 34.8.